The summed E-state index contributed by atoms with van der Waals surface area (Å²) in [6.07, 6.45) is 0. The van der Waals surface area contributed by atoms with E-state index in [1.165, 1.54) is 5.56 Å². The summed E-state index contributed by atoms with van der Waals surface area (Å²) in [5.74, 6) is 0. The summed E-state index contributed by atoms with van der Waals surface area (Å²) in [4.78, 5) is 0. The molecule has 0 aromatic heterocycles. The lowest BCUT2D eigenvalue weighted by Crippen LogP contribution is -2.40. The molecule has 0 radical (unpaired) electrons. The Morgan fingerprint density at radius 3 is 2.56 bits per heavy atom. The van der Waals surface area contributed by atoms with E-state index in [4.69, 9.17) is 0 Å². The van der Waals surface area contributed by atoms with Crippen LogP contribution in [0.4, 0.5) is 5.69 Å². The van der Waals surface area contributed by atoms with Crippen molar-refractivity contribution < 1.29 is 5.73 Å². The van der Waals surface area contributed by atoms with E-state index in [9.17, 15) is 0 Å². The Balaban J connectivity index is 3.17. The third-order valence-corrected chi connectivity index (χ3v) is 1.95. The van der Waals surface area contributed by atoms with Gasteiger partial charge in [-0.1, -0.05) is 6.07 Å². The van der Waals surface area contributed by atoms with Crippen LogP contribution in [0.2, 0.25) is 0 Å². The molecule has 48 valence electrons. The van der Waals surface area contributed by atoms with Crippen molar-refractivity contribution in [1.29, 1.82) is 0 Å². The van der Waals surface area contributed by atoms with Crippen LogP contribution in [0.5, 0.6) is 0 Å². The second-order valence-electron chi connectivity index (χ2n) is 2.09. The molecule has 0 amide bonds. The van der Waals surface area contributed by atoms with Gasteiger partial charge in [-0.3, -0.25) is 0 Å². The first-order valence-corrected chi connectivity index (χ1v) is 3.57. The van der Waals surface area contributed by atoms with Crippen molar-refractivity contribution in [3.63, 3.8) is 0 Å². The third-order valence-electron chi connectivity index (χ3n) is 1.21. The molecule has 1 rings (SSSR count). The van der Waals surface area contributed by atoms with E-state index in [1.54, 1.807) is 0 Å². The highest BCUT2D eigenvalue weighted by molar-refractivity contribution is 9.10. The van der Waals surface area contributed by atoms with Gasteiger partial charge in [-0.05, 0) is 34.5 Å². The fourth-order valence-corrected chi connectivity index (χ4v) is 1.15. The standard InChI is InChI=1S/C7H8BrN/c1-5-2-3-7(9)6(8)4-5/h2-4H,9H2,1H3/p+1. The summed E-state index contributed by atoms with van der Waals surface area (Å²) in [7, 11) is 0. The van der Waals surface area contributed by atoms with Gasteiger partial charge in [0.2, 0.25) is 0 Å². The lowest BCUT2D eigenvalue weighted by molar-refractivity contribution is -0.255. The molecule has 0 saturated carbocycles. The predicted octanol–water partition coefficient (Wildman–Crippen LogP) is 1.63. The Morgan fingerprint density at radius 1 is 1.44 bits per heavy atom. The predicted molar refractivity (Wildman–Crippen MR) is 41.4 cm³/mol. The van der Waals surface area contributed by atoms with E-state index in [0.29, 0.717) is 0 Å². The Hall–Kier alpha value is -0.340. The van der Waals surface area contributed by atoms with Crippen molar-refractivity contribution in [2.45, 2.75) is 6.92 Å². The zero-order chi connectivity index (χ0) is 6.85. The topological polar surface area (TPSA) is 27.6 Å². The molecule has 0 unspecified atom stereocenters. The van der Waals surface area contributed by atoms with Gasteiger partial charge < -0.3 is 5.73 Å². The molecule has 0 fully saturated rings. The van der Waals surface area contributed by atoms with Crippen LogP contribution in [0.15, 0.2) is 22.7 Å². The number of aryl methyl sites for hydroxylation is 1. The van der Waals surface area contributed by atoms with Crippen LogP contribution in [0, 0.1) is 6.92 Å². The van der Waals surface area contributed by atoms with E-state index in [1.807, 2.05) is 12.1 Å². The van der Waals surface area contributed by atoms with Crippen molar-refractivity contribution in [2.75, 3.05) is 0 Å². The average Bonchev–Trinajstić information content (AvgIpc) is 1.80. The maximum Gasteiger partial charge on any atom is 0.142 e. The third kappa shape index (κ3) is 1.53. The first-order valence-electron chi connectivity index (χ1n) is 2.78. The van der Waals surface area contributed by atoms with Crippen LogP contribution in [-0.4, -0.2) is 0 Å². The lowest BCUT2D eigenvalue weighted by Gasteiger charge is -1.93. The number of halogens is 1. The van der Waals surface area contributed by atoms with Gasteiger partial charge in [0.25, 0.3) is 0 Å². The molecule has 1 aromatic rings. The van der Waals surface area contributed by atoms with Crippen molar-refractivity contribution in [3.8, 4) is 0 Å². The summed E-state index contributed by atoms with van der Waals surface area (Å²) in [5.41, 5.74) is 6.12. The molecule has 1 nitrogen and oxygen atoms in total. The Morgan fingerprint density at radius 2 is 2.11 bits per heavy atom. The van der Waals surface area contributed by atoms with E-state index in [-0.39, 0.29) is 0 Å². The molecule has 0 heterocycles. The van der Waals surface area contributed by atoms with Crippen LogP contribution in [0.1, 0.15) is 5.56 Å². The first-order chi connectivity index (χ1) is 4.20. The zero-order valence-corrected chi connectivity index (χ0v) is 6.90. The quantitative estimate of drug-likeness (QED) is 0.639. The second kappa shape index (κ2) is 2.50. The van der Waals surface area contributed by atoms with Gasteiger partial charge in [-0.2, -0.15) is 0 Å². The van der Waals surface area contributed by atoms with Crippen LogP contribution >= 0.6 is 15.9 Å². The summed E-state index contributed by atoms with van der Waals surface area (Å²) in [6, 6.07) is 6.11. The van der Waals surface area contributed by atoms with Crippen LogP contribution in [0.3, 0.4) is 0 Å². The summed E-state index contributed by atoms with van der Waals surface area (Å²) >= 11 is 3.38. The van der Waals surface area contributed by atoms with Gasteiger partial charge in [-0.25, -0.2) is 0 Å². The van der Waals surface area contributed by atoms with Crippen molar-refractivity contribution in [2.24, 2.45) is 0 Å². The molecule has 3 N–H and O–H groups in total. The fraction of sp³-hybridized carbons (Fsp3) is 0.143. The smallest absolute Gasteiger partial charge is 0.142 e. The molecule has 0 aliphatic carbocycles. The highest BCUT2D eigenvalue weighted by Crippen LogP contribution is 2.17. The molecule has 1 aromatic carbocycles. The minimum Gasteiger partial charge on any atom is -0.324 e. The van der Waals surface area contributed by atoms with Gasteiger partial charge in [0.15, 0.2) is 0 Å². The number of hydrogen-bond acceptors (Lipinski definition) is 0. The summed E-state index contributed by atoms with van der Waals surface area (Å²) < 4.78 is 1.09. The molecule has 0 spiro atoms. The van der Waals surface area contributed by atoms with E-state index >= 15 is 0 Å². The summed E-state index contributed by atoms with van der Waals surface area (Å²) in [5, 5.41) is 0. The van der Waals surface area contributed by atoms with Gasteiger partial charge >= 0.3 is 0 Å². The summed E-state index contributed by atoms with van der Waals surface area (Å²) in [6.45, 7) is 2.06. The van der Waals surface area contributed by atoms with Crippen molar-refractivity contribution in [3.05, 3.63) is 28.2 Å². The van der Waals surface area contributed by atoms with Crippen LogP contribution in [-0.2, 0) is 0 Å². The van der Waals surface area contributed by atoms with Crippen molar-refractivity contribution in [1.82, 2.24) is 0 Å². The Labute approximate surface area is 63.0 Å². The lowest BCUT2D eigenvalue weighted by atomic mass is 10.2. The van der Waals surface area contributed by atoms with Gasteiger partial charge in [-0.15, -0.1) is 0 Å². The maximum atomic E-state index is 3.81. The Bertz CT molecular complexity index is 220. The molecular formula is C7H9BrN+. The van der Waals surface area contributed by atoms with Crippen LogP contribution < -0.4 is 5.73 Å². The first kappa shape index (κ1) is 6.78. The SMILES string of the molecule is Cc1ccc([NH3+])c(Br)c1. The number of hydrogen-bond donors (Lipinski definition) is 1. The Kier molecular flexibility index (Phi) is 1.88. The van der Waals surface area contributed by atoms with E-state index < -0.39 is 0 Å². The normalized spacial score (nSPS) is 9.67. The largest absolute Gasteiger partial charge is 0.324 e. The van der Waals surface area contributed by atoms with Crippen LogP contribution in [0.25, 0.3) is 0 Å². The minimum atomic E-state index is 1.04. The van der Waals surface area contributed by atoms with E-state index in [0.717, 1.165) is 10.2 Å². The van der Waals surface area contributed by atoms with Crippen molar-refractivity contribution >= 4 is 21.6 Å². The average molecular weight is 187 g/mol. The molecule has 0 aliphatic rings. The highest BCUT2D eigenvalue weighted by Gasteiger charge is 1.95. The maximum absolute atomic E-state index is 3.81. The van der Waals surface area contributed by atoms with Gasteiger partial charge in [0, 0.05) is 6.07 Å². The van der Waals surface area contributed by atoms with E-state index in [2.05, 4.69) is 34.7 Å². The molecule has 0 saturated heterocycles. The fourth-order valence-electron chi connectivity index (χ4n) is 0.652. The molecule has 0 aliphatic heterocycles. The number of benzene rings is 1. The monoisotopic (exact) mass is 186 g/mol. The van der Waals surface area contributed by atoms with Gasteiger partial charge in [0.05, 0.1) is 4.47 Å². The highest BCUT2D eigenvalue weighted by atomic mass is 79.9. The number of quaternary nitrogens is 1. The second-order valence-corrected chi connectivity index (χ2v) is 2.95. The molecule has 0 atom stereocenters. The van der Waals surface area contributed by atoms with Gasteiger partial charge in [0.1, 0.15) is 5.69 Å². The molecule has 0 bridgehead atoms. The zero-order valence-electron chi connectivity index (χ0n) is 5.32. The molecular weight excluding hydrogens is 178 g/mol. The molecule has 2 heteroatoms. The minimum absolute atomic E-state index is 1.04. The molecule has 9 heavy (non-hydrogen) atoms. The number of rotatable bonds is 0.